The zero-order valence-electron chi connectivity index (χ0n) is 12.3. The van der Waals surface area contributed by atoms with Crippen molar-refractivity contribution in [1.82, 2.24) is 0 Å². The minimum absolute atomic E-state index is 0.0894. The first-order valence-electron chi connectivity index (χ1n) is 7.11. The molecule has 1 fully saturated rings. The lowest BCUT2D eigenvalue weighted by Crippen LogP contribution is -2.35. The van der Waals surface area contributed by atoms with Crippen LogP contribution in [-0.4, -0.2) is 17.9 Å². The molecule has 2 aromatic carbocycles. The number of hydrogen-bond acceptors (Lipinski definition) is 3. The molecule has 1 N–H and O–H groups in total. The molecule has 2 aromatic rings. The van der Waals surface area contributed by atoms with Gasteiger partial charge in [0, 0.05) is 10.7 Å². The number of imide groups is 1. The highest BCUT2D eigenvalue weighted by Crippen LogP contribution is 2.33. The van der Waals surface area contributed by atoms with Gasteiger partial charge in [-0.3, -0.25) is 9.59 Å². The lowest BCUT2D eigenvalue weighted by atomic mass is 10.1. The summed E-state index contributed by atoms with van der Waals surface area (Å²) in [5, 5.41) is 3.86. The first kappa shape index (κ1) is 15.8. The molecule has 0 spiro atoms. The second kappa shape index (κ2) is 6.22. The molecular formula is C17H14Cl2N2O2. The van der Waals surface area contributed by atoms with Gasteiger partial charge in [0.15, 0.2) is 0 Å². The average Bonchev–Trinajstić information content (AvgIpc) is 2.77. The van der Waals surface area contributed by atoms with Crippen LogP contribution in [0.25, 0.3) is 0 Å². The Labute approximate surface area is 144 Å². The standard InChI is InChI=1S/C17H14Cl2N2O2/c1-10-4-2-3-5-13(10)20-14-9-16(22)21(17(14)23)15-7-6-11(18)8-12(15)19/h2-8,14,20H,9H2,1H3/t14-/m1/s1. The molecule has 1 saturated heterocycles. The fourth-order valence-corrected chi connectivity index (χ4v) is 3.08. The van der Waals surface area contributed by atoms with Crippen molar-refractivity contribution in [2.75, 3.05) is 10.2 Å². The molecule has 0 radical (unpaired) electrons. The Bertz CT molecular complexity index is 792. The molecule has 1 atom stereocenters. The molecule has 1 heterocycles. The van der Waals surface area contributed by atoms with Gasteiger partial charge < -0.3 is 5.32 Å². The Kier molecular flexibility index (Phi) is 4.28. The van der Waals surface area contributed by atoms with Crippen LogP contribution in [0.4, 0.5) is 11.4 Å². The van der Waals surface area contributed by atoms with E-state index in [2.05, 4.69) is 5.32 Å². The Morgan fingerprint density at radius 2 is 1.87 bits per heavy atom. The van der Waals surface area contributed by atoms with Gasteiger partial charge >= 0.3 is 0 Å². The van der Waals surface area contributed by atoms with Gasteiger partial charge in [0.1, 0.15) is 6.04 Å². The van der Waals surface area contributed by atoms with E-state index in [1.54, 1.807) is 12.1 Å². The molecule has 118 valence electrons. The number of rotatable bonds is 3. The molecule has 6 heteroatoms. The average molecular weight is 349 g/mol. The molecule has 0 aliphatic carbocycles. The van der Waals surface area contributed by atoms with Crippen molar-refractivity contribution in [3.63, 3.8) is 0 Å². The number of benzene rings is 2. The fourth-order valence-electron chi connectivity index (χ4n) is 2.58. The number of para-hydroxylation sites is 1. The topological polar surface area (TPSA) is 49.4 Å². The molecule has 3 rings (SSSR count). The van der Waals surface area contributed by atoms with Crippen LogP contribution < -0.4 is 10.2 Å². The number of halogens is 2. The third kappa shape index (κ3) is 3.05. The highest BCUT2D eigenvalue weighted by molar-refractivity contribution is 6.38. The van der Waals surface area contributed by atoms with Crippen LogP contribution in [0.15, 0.2) is 42.5 Å². The first-order chi connectivity index (χ1) is 11.0. The van der Waals surface area contributed by atoms with Crippen molar-refractivity contribution >= 4 is 46.4 Å². The third-order valence-corrected chi connectivity index (χ3v) is 4.31. The summed E-state index contributed by atoms with van der Waals surface area (Å²) in [6.45, 7) is 1.94. The SMILES string of the molecule is Cc1ccccc1N[C@@H]1CC(=O)N(c2ccc(Cl)cc2Cl)C1=O. The van der Waals surface area contributed by atoms with E-state index < -0.39 is 6.04 Å². The molecular weight excluding hydrogens is 335 g/mol. The predicted octanol–water partition coefficient (Wildman–Crippen LogP) is 4.05. The number of anilines is 2. The van der Waals surface area contributed by atoms with Gasteiger partial charge in [-0.15, -0.1) is 0 Å². The highest BCUT2D eigenvalue weighted by atomic mass is 35.5. The molecule has 2 amide bonds. The van der Waals surface area contributed by atoms with Crippen molar-refractivity contribution in [2.24, 2.45) is 0 Å². The molecule has 4 nitrogen and oxygen atoms in total. The summed E-state index contributed by atoms with van der Waals surface area (Å²) < 4.78 is 0. The minimum atomic E-state index is -0.602. The summed E-state index contributed by atoms with van der Waals surface area (Å²) in [5.41, 5.74) is 2.21. The van der Waals surface area contributed by atoms with Crippen molar-refractivity contribution in [3.8, 4) is 0 Å². The van der Waals surface area contributed by atoms with Crippen LogP contribution in [0.5, 0.6) is 0 Å². The monoisotopic (exact) mass is 348 g/mol. The van der Waals surface area contributed by atoms with Gasteiger partial charge in [0.2, 0.25) is 5.91 Å². The molecule has 0 aromatic heterocycles. The Balaban J connectivity index is 1.87. The molecule has 0 bridgehead atoms. The summed E-state index contributed by atoms with van der Waals surface area (Å²) in [6.07, 6.45) is 0.0894. The quantitative estimate of drug-likeness (QED) is 0.851. The van der Waals surface area contributed by atoms with Gasteiger partial charge in [0.05, 0.1) is 17.1 Å². The largest absolute Gasteiger partial charge is 0.373 e. The number of nitrogens with one attached hydrogen (secondary N) is 1. The van der Waals surface area contributed by atoms with Crippen LogP contribution in [0, 0.1) is 6.92 Å². The van der Waals surface area contributed by atoms with Crippen LogP contribution in [0.3, 0.4) is 0 Å². The summed E-state index contributed by atoms with van der Waals surface area (Å²) >= 11 is 12.0. The van der Waals surface area contributed by atoms with E-state index in [1.807, 2.05) is 31.2 Å². The maximum atomic E-state index is 12.6. The zero-order valence-corrected chi connectivity index (χ0v) is 13.9. The van der Waals surface area contributed by atoms with Gasteiger partial charge in [-0.25, -0.2) is 4.90 Å². The fraction of sp³-hybridized carbons (Fsp3) is 0.176. The summed E-state index contributed by atoms with van der Waals surface area (Å²) in [4.78, 5) is 26.0. The van der Waals surface area contributed by atoms with Crippen LogP contribution >= 0.6 is 23.2 Å². The molecule has 0 unspecified atom stereocenters. The van der Waals surface area contributed by atoms with E-state index in [4.69, 9.17) is 23.2 Å². The van der Waals surface area contributed by atoms with Crippen LogP contribution in [0.1, 0.15) is 12.0 Å². The van der Waals surface area contributed by atoms with Crippen LogP contribution in [-0.2, 0) is 9.59 Å². The normalized spacial score (nSPS) is 17.7. The highest BCUT2D eigenvalue weighted by Gasteiger charge is 2.40. The molecule has 0 saturated carbocycles. The number of aryl methyl sites for hydroxylation is 1. The van der Waals surface area contributed by atoms with Crippen molar-refractivity contribution in [2.45, 2.75) is 19.4 Å². The minimum Gasteiger partial charge on any atom is -0.373 e. The van der Waals surface area contributed by atoms with E-state index in [0.29, 0.717) is 10.7 Å². The van der Waals surface area contributed by atoms with Crippen LogP contribution in [0.2, 0.25) is 10.0 Å². The maximum absolute atomic E-state index is 12.6. The van der Waals surface area contributed by atoms with E-state index in [-0.39, 0.29) is 23.3 Å². The van der Waals surface area contributed by atoms with Gasteiger partial charge in [-0.1, -0.05) is 41.4 Å². The first-order valence-corrected chi connectivity index (χ1v) is 7.87. The Morgan fingerprint density at radius 3 is 2.57 bits per heavy atom. The number of hydrogen-bond donors (Lipinski definition) is 1. The number of amides is 2. The summed E-state index contributed by atoms with van der Waals surface area (Å²) in [5.74, 6) is -0.604. The third-order valence-electron chi connectivity index (χ3n) is 3.77. The van der Waals surface area contributed by atoms with E-state index >= 15 is 0 Å². The molecule has 1 aliphatic rings. The van der Waals surface area contributed by atoms with Crippen molar-refractivity contribution < 1.29 is 9.59 Å². The molecule has 1 aliphatic heterocycles. The number of carbonyl (C=O) groups is 2. The zero-order chi connectivity index (χ0) is 16.6. The van der Waals surface area contributed by atoms with Crippen molar-refractivity contribution in [3.05, 3.63) is 58.1 Å². The number of carbonyl (C=O) groups excluding carboxylic acids is 2. The van der Waals surface area contributed by atoms with Gasteiger partial charge in [-0.05, 0) is 36.8 Å². The van der Waals surface area contributed by atoms with E-state index in [1.165, 1.54) is 6.07 Å². The number of nitrogens with zero attached hydrogens (tertiary/aromatic N) is 1. The Hall–Kier alpha value is -2.04. The lowest BCUT2D eigenvalue weighted by Gasteiger charge is -2.18. The maximum Gasteiger partial charge on any atom is 0.256 e. The second-order valence-corrected chi connectivity index (χ2v) is 6.22. The predicted molar refractivity (Wildman–Crippen MR) is 92.2 cm³/mol. The molecule has 23 heavy (non-hydrogen) atoms. The summed E-state index contributed by atoms with van der Waals surface area (Å²) in [6, 6.07) is 11.7. The Morgan fingerprint density at radius 1 is 1.13 bits per heavy atom. The van der Waals surface area contributed by atoms with Gasteiger partial charge in [0.25, 0.3) is 5.91 Å². The smallest absolute Gasteiger partial charge is 0.256 e. The summed E-state index contributed by atoms with van der Waals surface area (Å²) in [7, 11) is 0. The van der Waals surface area contributed by atoms with Gasteiger partial charge in [-0.2, -0.15) is 0 Å². The van der Waals surface area contributed by atoms with E-state index in [9.17, 15) is 9.59 Å². The van der Waals surface area contributed by atoms with Crippen molar-refractivity contribution in [1.29, 1.82) is 0 Å². The van der Waals surface area contributed by atoms with E-state index in [0.717, 1.165) is 16.2 Å². The second-order valence-electron chi connectivity index (χ2n) is 5.38. The lowest BCUT2D eigenvalue weighted by molar-refractivity contribution is -0.121.